The van der Waals surface area contributed by atoms with Gasteiger partial charge in [0.25, 0.3) is 0 Å². The number of unbranched alkanes of at least 4 members (excludes halogenated alkanes) is 1. The summed E-state index contributed by atoms with van der Waals surface area (Å²) >= 11 is 0. The third-order valence-electron chi connectivity index (χ3n) is 2.89. The number of benzene rings is 1. The fourth-order valence-corrected chi connectivity index (χ4v) is 2.84. The van der Waals surface area contributed by atoms with Gasteiger partial charge in [0.1, 0.15) is 6.10 Å². The third kappa shape index (κ3) is 7.00. The van der Waals surface area contributed by atoms with Crippen LogP contribution in [-0.2, 0) is 10.8 Å². The van der Waals surface area contributed by atoms with Crippen LogP contribution < -0.4 is 0 Å². The van der Waals surface area contributed by atoms with Gasteiger partial charge in [-0.2, -0.15) is 0 Å². The SMILES string of the molecule is C=C[Si](C)(C)OC(C)C#CCCCc1ccccc1. The zero-order valence-electron chi connectivity index (χ0n) is 12.3. The van der Waals surface area contributed by atoms with Gasteiger partial charge >= 0.3 is 0 Å². The smallest absolute Gasteiger partial charge is 0.212 e. The Balaban J connectivity index is 2.26. The van der Waals surface area contributed by atoms with Crippen molar-refractivity contribution in [2.75, 3.05) is 0 Å². The second-order valence-corrected chi connectivity index (χ2v) is 9.08. The van der Waals surface area contributed by atoms with Crippen LogP contribution in [-0.4, -0.2) is 14.4 Å². The molecule has 0 aliphatic heterocycles. The van der Waals surface area contributed by atoms with Crippen molar-refractivity contribution >= 4 is 8.32 Å². The van der Waals surface area contributed by atoms with Gasteiger partial charge in [0.15, 0.2) is 0 Å². The molecule has 0 heterocycles. The van der Waals surface area contributed by atoms with E-state index in [1.807, 2.05) is 18.7 Å². The quantitative estimate of drug-likeness (QED) is 0.425. The average Bonchev–Trinajstić information content (AvgIpc) is 2.39. The molecular formula is C17H24OSi. The second-order valence-electron chi connectivity index (χ2n) is 5.23. The monoisotopic (exact) mass is 272 g/mol. The van der Waals surface area contributed by atoms with Crippen LogP contribution in [0, 0.1) is 11.8 Å². The van der Waals surface area contributed by atoms with E-state index in [9.17, 15) is 0 Å². The molecule has 102 valence electrons. The molecule has 0 aliphatic rings. The summed E-state index contributed by atoms with van der Waals surface area (Å²) in [5, 5.41) is 0. The zero-order valence-corrected chi connectivity index (χ0v) is 13.3. The molecule has 0 radical (unpaired) electrons. The van der Waals surface area contributed by atoms with Gasteiger partial charge in [-0.25, -0.2) is 0 Å². The number of hydrogen-bond donors (Lipinski definition) is 0. The largest absolute Gasteiger partial charge is 0.400 e. The Morgan fingerprint density at radius 1 is 1.32 bits per heavy atom. The lowest BCUT2D eigenvalue weighted by atomic mass is 10.1. The van der Waals surface area contributed by atoms with Gasteiger partial charge in [-0.05, 0) is 38.4 Å². The number of hydrogen-bond acceptors (Lipinski definition) is 1. The molecule has 0 N–H and O–H groups in total. The summed E-state index contributed by atoms with van der Waals surface area (Å²) in [5.74, 6) is 6.39. The van der Waals surface area contributed by atoms with Gasteiger partial charge in [-0.3, -0.25) is 0 Å². The summed E-state index contributed by atoms with van der Waals surface area (Å²) in [6.45, 7) is 10.1. The van der Waals surface area contributed by atoms with Crippen LogP contribution in [0.2, 0.25) is 13.1 Å². The molecule has 1 rings (SSSR count). The van der Waals surface area contributed by atoms with Crippen molar-refractivity contribution in [1.29, 1.82) is 0 Å². The van der Waals surface area contributed by atoms with Crippen LogP contribution in [0.15, 0.2) is 42.6 Å². The van der Waals surface area contributed by atoms with E-state index in [1.54, 1.807) is 0 Å². The van der Waals surface area contributed by atoms with E-state index in [0.717, 1.165) is 19.3 Å². The molecule has 0 aromatic heterocycles. The van der Waals surface area contributed by atoms with Crippen molar-refractivity contribution < 1.29 is 4.43 Å². The second kappa shape index (κ2) is 7.99. The molecule has 0 saturated heterocycles. The van der Waals surface area contributed by atoms with Gasteiger partial charge in [0.2, 0.25) is 8.32 Å². The molecule has 1 atom stereocenters. The van der Waals surface area contributed by atoms with E-state index >= 15 is 0 Å². The van der Waals surface area contributed by atoms with Gasteiger partial charge < -0.3 is 4.43 Å². The Labute approximate surface area is 118 Å². The molecule has 0 fully saturated rings. The van der Waals surface area contributed by atoms with Crippen molar-refractivity contribution in [3.05, 3.63) is 48.2 Å². The first-order valence-corrected chi connectivity index (χ1v) is 9.86. The normalized spacial score (nSPS) is 12.4. The van der Waals surface area contributed by atoms with Crippen molar-refractivity contribution in [3.63, 3.8) is 0 Å². The molecule has 1 aromatic carbocycles. The van der Waals surface area contributed by atoms with E-state index < -0.39 is 8.32 Å². The highest BCUT2D eigenvalue weighted by Crippen LogP contribution is 2.08. The highest BCUT2D eigenvalue weighted by Gasteiger charge is 2.19. The number of rotatable bonds is 6. The summed E-state index contributed by atoms with van der Waals surface area (Å²) in [7, 11) is -1.70. The fraction of sp³-hybridized carbons (Fsp3) is 0.412. The molecule has 1 aromatic rings. The highest BCUT2D eigenvalue weighted by atomic mass is 28.4. The van der Waals surface area contributed by atoms with Crippen LogP contribution in [0.4, 0.5) is 0 Å². The maximum atomic E-state index is 5.90. The molecular weight excluding hydrogens is 248 g/mol. The van der Waals surface area contributed by atoms with Crippen molar-refractivity contribution in [3.8, 4) is 11.8 Å². The molecule has 0 spiro atoms. The molecule has 19 heavy (non-hydrogen) atoms. The molecule has 0 bridgehead atoms. The fourth-order valence-electron chi connectivity index (χ4n) is 1.77. The standard InChI is InChI=1S/C17H24OSi/c1-5-19(3,4)18-16(2)12-8-6-9-13-17-14-10-7-11-15-17/h5,7,10-11,14-16H,1,6,9,13H2,2-4H3. The van der Waals surface area contributed by atoms with Gasteiger partial charge in [0, 0.05) is 6.42 Å². The zero-order chi connectivity index (χ0) is 14.1. The number of aryl methyl sites for hydroxylation is 1. The lowest BCUT2D eigenvalue weighted by Gasteiger charge is -2.20. The van der Waals surface area contributed by atoms with Crippen LogP contribution in [0.3, 0.4) is 0 Å². The molecule has 0 amide bonds. The van der Waals surface area contributed by atoms with E-state index in [1.165, 1.54) is 5.56 Å². The predicted molar refractivity (Wildman–Crippen MR) is 85.4 cm³/mol. The minimum absolute atomic E-state index is 0.0105. The summed E-state index contributed by atoms with van der Waals surface area (Å²) < 4.78 is 5.90. The van der Waals surface area contributed by atoms with E-state index in [0.29, 0.717) is 0 Å². The summed E-state index contributed by atoms with van der Waals surface area (Å²) in [4.78, 5) is 0. The molecule has 0 saturated carbocycles. The third-order valence-corrected chi connectivity index (χ3v) is 4.83. The van der Waals surface area contributed by atoms with Crippen LogP contribution in [0.1, 0.15) is 25.3 Å². The molecule has 1 nitrogen and oxygen atoms in total. The first-order valence-electron chi connectivity index (χ1n) is 6.87. The lowest BCUT2D eigenvalue weighted by molar-refractivity contribution is 0.275. The topological polar surface area (TPSA) is 9.23 Å². The average molecular weight is 272 g/mol. The van der Waals surface area contributed by atoms with Gasteiger partial charge in [0.05, 0.1) is 0 Å². The van der Waals surface area contributed by atoms with Crippen molar-refractivity contribution in [2.45, 2.75) is 45.4 Å². The Morgan fingerprint density at radius 2 is 2.00 bits per heavy atom. The predicted octanol–water partition coefficient (Wildman–Crippen LogP) is 4.35. The van der Waals surface area contributed by atoms with Gasteiger partial charge in [-0.1, -0.05) is 42.0 Å². The highest BCUT2D eigenvalue weighted by molar-refractivity contribution is 6.76. The maximum absolute atomic E-state index is 5.90. The Morgan fingerprint density at radius 3 is 2.63 bits per heavy atom. The Hall–Kier alpha value is -1.30. The minimum Gasteiger partial charge on any atom is -0.400 e. The summed E-state index contributed by atoms with van der Waals surface area (Å²) in [6.07, 6.45) is 3.14. The molecule has 1 unspecified atom stereocenters. The molecule has 0 aliphatic carbocycles. The molecule has 2 heteroatoms. The van der Waals surface area contributed by atoms with Crippen molar-refractivity contribution in [2.24, 2.45) is 0 Å². The lowest BCUT2D eigenvalue weighted by Crippen LogP contribution is -2.31. The Bertz CT molecular complexity index is 439. The maximum Gasteiger partial charge on any atom is 0.212 e. The first-order chi connectivity index (χ1) is 9.03. The van der Waals surface area contributed by atoms with E-state index in [4.69, 9.17) is 4.43 Å². The van der Waals surface area contributed by atoms with E-state index in [2.05, 4.69) is 55.8 Å². The Kier molecular flexibility index (Phi) is 6.62. The minimum atomic E-state index is -1.70. The van der Waals surface area contributed by atoms with Gasteiger partial charge in [-0.15, -0.1) is 12.5 Å². The van der Waals surface area contributed by atoms with Crippen molar-refractivity contribution in [1.82, 2.24) is 0 Å². The summed E-state index contributed by atoms with van der Waals surface area (Å²) in [6, 6.07) is 10.5. The van der Waals surface area contributed by atoms with E-state index in [-0.39, 0.29) is 6.10 Å². The van der Waals surface area contributed by atoms with Crippen LogP contribution >= 0.6 is 0 Å². The first kappa shape index (κ1) is 15.8. The van der Waals surface area contributed by atoms with Crippen LogP contribution in [0.25, 0.3) is 0 Å². The summed E-state index contributed by atoms with van der Waals surface area (Å²) in [5.41, 5.74) is 3.33. The van der Waals surface area contributed by atoms with Crippen LogP contribution in [0.5, 0.6) is 0 Å².